The SMILES string of the molecule is CC(C)(C)C1CCCN(C(=O)c2cnn(-c3cccnc3)c2)C1. The number of rotatable bonds is 2. The zero-order valence-corrected chi connectivity index (χ0v) is 14.1. The van der Waals surface area contributed by atoms with Gasteiger partial charge in [0.1, 0.15) is 0 Å². The standard InChI is InChI=1S/C18H24N4O/c1-18(2,3)15-6-5-9-21(13-15)17(23)14-10-20-22(12-14)16-7-4-8-19-11-16/h4,7-8,10-12,15H,5-6,9,13H2,1-3H3. The van der Waals surface area contributed by atoms with Crippen LogP contribution in [0.2, 0.25) is 0 Å². The Morgan fingerprint density at radius 2 is 2.13 bits per heavy atom. The monoisotopic (exact) mass is 312 g/mol. The Morgan fingerprint density at radius 1 is 1.30 bits per heavy atom. The number of nitrogens with zero attached hydrogens (tertiary/aromatic N) is 4. The molecule has 0 aromatic carbocycles. The Labute approximate surface area is 137 Å². The number of hydrogen-bond donors (Lipinski definition) is 0. The van der Waals surface area contributed by atoms with E-state index >= 15 is 0 Å². The summed E-state index contributed by atoms with van der Waals surface area (Å²) in [7, 11) is 0. The molecule has 3 rings (SSSR count). The molecule has 0 bridgehead atoms. The summed E-state index contributed by atoms with van der Waals surface area (Å²) in [6.07, 6.45) is 9.17. The molecule has 2 aromatic rings. The van der Waals surface area contributed by atoms with Gasteiger partial charge in [0, 0.05) is 25.5 Å². The summed E-state index contributed by atoms with van der Waals surface area (Å²) in [5.41, 5.74) is 1.74. The molecule has 23 heavy (non-hydrogen) atoms. The first-order chi connectivity index (χ1) is 10.9. The van der Waals surface area contributed by atoms with Crippen molar-refractivity contribution in [2.45, 2.75) is 33.6 Å². The van der Waals surface area contributed by atoms with E-state index in [0.717, 1.165) is 25.2 Å². The van der Waals surface area contributed by atoms with Gasteiger partial charge in [-0.2, -0.15) is 5.10 Å². The molecule has 1 atom stereocenters. The van der Waals surface area contributed by atoms with Crippen LogP contribution in [0.15, 0.2) is 36.9 Å². The number of carbonyl (C=O) groups is 1. The van der Waals surface area contributed by atoms with Crippen molar-refractivity contribution in [2.24, 2.45) is 11.3 Å². The quantitative estimate of drug-likeness (QED) is 0.856. The van der Waals surface area contributed by atoms with Crippen molar-refractivity contribution in [3.8, 4) is 5.69 Å². The fourth-order valence-corrected chi connectivity index (χ4v) is 3.11. The molecule has 1 fully saturated rings. The molecule has 2 aromatic heterocycles. The molecule has 1 unspecified atom stereocenters. The van der Waals surface area contributed by atoms with E-state index in [9.17, 15) is 4.79 Å². The van der Waals surface area contributed by atoms with Crippen LogP contribution in [-0.4, -0.2) is 38.7 Å². The molecule has 1 aliphatic rings. The van der Waals surface area contributed by atoms with E-state index in [1.165, 1.54) is 6.42 Å². The lowest BCUT2D eigenvalue weighted by Crippen LogP contribution is -2.43. The number of pyridine rings is 1. The Balaban J connectivity index is 1.75. The molecule has 5 heteroatoms. The molecule has 0 spiro atoms. The van der Waals surface area contributed by atoms with Crippen LogP contribution in [0.1, 0.15) is 44.0 Å². The lowest BCUT2D eigenvalue weighted by molar-refractivity contribution is 0.0563. The highest BCUT2D eigenvalue weighted by Crippen LogP contribution is 2.33. The normalized spacial score (nSPS) is 18.9. The predicted octanol–water partition coefficient (Wildman–Crippen LogP) is 3.17. The Bertz CT molecular complexity index is 672. The zero-order chi connectivity index (χ0) is 16.4. The van der Waals surface area contributed by atoms with E-state index in [-0.39, 0.29) is 11.3 Å². The summed E-state index contributed by atoms with van der Waals surface area (Å²) in [6, 6.07) is 3.78. The Kier molecular flexibility index (Phi) is 4.20. The van der Waals surface area contributed by atoms with E-state index in [1.807, 2.05) is 17.0 Å². The molecule has 122 valence electrons. The van der Waals surface area contributed by atoms with E-state index < -0.39 is 0 Å². The lowest BCUT2D eigenvalue weighted by atomic mass is 9.76. The summed E-state index contributed by atoms with van der Waals surface area (Å²) in [5.74, 6) is 0.627. The number of amides is 1. The van der Waals surface area contributed by atoms with Crippen molar-refractivity contribution in [3.05, 3.63) is 42.5 Å². The molecule has 0 radical (unpaired) electrons. The second-order valence-electron chi connectivity index (χ2n) is 7.34. The highest BCUT2D eigenvalue weighted by molar-refractivity contribution is 5.93. The number of hydrogen-bond acceptors (Lipinski definition) is 3. The third kappa shape index (κ3) is 3.44. The minimum absolute atomic E-state index is 0.0779. The maximum absolute atomic E-state index is 12.8. The second kappa shape index (κ2) is 6.14. The van der Waals surface area contributed by atoms with Gasteiger partial charge in [0.25, 0.3) is 5.91 Å². The fourth-order valence-electron chi connectivity index (χ4n) is 3.11. The van der Waals surface area contributed by atoms with Crippen molar-refractivity contribution < 1.29 is 4.79 Å². The molecule has 1 amide bonds. The highest BCUT2D eigenvalue weighted by Gasteiger charge is 2.32. The van der Waals surface area contributed by atoms with Gasteiger partial charge in [-0.05, 0) is 36.3 Å². The minimum Gasteiger partial charge on any atom is -0.338 e. The van der Waals surface area contributed by atoms with E-state index in [1.54, 1.807) is 29.5 Å². The summed E-state index contributed by atoms with van der Waals surface area (Å²) in [4.78, 5) is 18.8. The van der Waals surface area contributed by atoms with Gasteiger partial charge in [-0.3, -0.25) is 9.78 Å². The number of aromatic nitrogens is 3. The van der Waals surface area contributed by atoms with Gasteiger partial charge in [0.15, 0.2) is 0 Å². The number of carbonyl (C=O) groups excluding carboxylic acids is 1. The maximum Gasteiger partial charge on any atom is 0.257 e. The topological polar surface area (TPSA) is 51.0 Å². The van der Waals surface area contributed by atoms with E-state index in [2.05, 4.69) is 30.9 Å². The first-order valence-electron chi connectivity index (χ1n) is 8.19. The summed E-state index contributed by atoms with van der Waals surface area (Å²) in [5, 5.41) is 4.30. The number of piperidine rings is 1. The van der Waals surface area contributed by atoms with Gasteiger partial charge in [0.05, 0.1) is 23.6 Å². The van der Waals surface area contributed by atoms with Gasteiger partial charge in [-0.15, -0.1) is 0 Å². The molecule has 5 nitrogen and oxygen atoms in total. The van der Waals surface area contributed by atoms with Crippen LogP contribution < -0.4 is 0 Å². The molecule has 0 saturated carbocycles. The third-order valence-corrected chi connectivity index (χ3v) is 4.67. The van der Waals surface area contributed by atoms with Crippen molar-refractivity contribution in [1.82, 2.24) is 19.7 Å². The molecule has 1 saturated heterocycles. The van der Waals surface area contributed by atoms with Gasteiger partial charge in [-0.25, -0.2) is 4.68 Å². The van der Waals surface area contributed by atoms with Crippen LogP contribution in [0.4, 0.5) is 0 Å². The van der Waals surface area contributed by atoms with Gasteiger partial charge >= 0.3 is 0 Å². The first kappa shape index (κ1) is 15.7. The van der Waals surface area contributed by atoms with E-state index in [4.69, 9.17) is 0 Å². The molecular weight excluding hydrogens is 288 g/mol. The fraction of sp³-hybridized carbons (Fsp3) is 0.500. The van der Waals surface area contributed by atoms with Crippen LogP contribution in [0.3, 0.4) is 0 Å². The van der Waals surface area contributed by atoms with Crippen molar-refractivity contribution >= 4 is 5.91 Å². The number of likely N-dealkylation sites (tertiary alicyclic amines) is 1. The van der Waals surface area contributed by atoms with Crippen LogP contribution in [0.25, 0.3) is 5.69 Å². The molecule has 0 aliphatic carbocycles. The zero-order valence-electron chi connectivity index (χ0n) is 14.1. The highest BCUT2D eigenvalue weighted by atomic mass is 16.2. The van der Waals surface area contributed by atoms with Crippen LogP contribution in [0.5, 0.6) is 0 Å². The van der Waals surface area contributed by atoms with E-state index in [0.29, 0.717) is 11.5 Å². The van der Waals surface area contributed by atoms with Crippen LogP contribution in [-0.2, 0) is 0 Å². The Morgan fingerprint density at radius 3 is 2.83 bits per heavy atom. The molecule has 1 aliphatic heterocycles. The predicted molar refractivity (Wildman–Crippen MR) is 89.4 cm³/mol. The van der Waals surface area contributed by atoms with Gasteiger partial charge in [0.2, 0.25) is 0 Å². The van der Waals surface area contributed by atoms with Crippen molar-refractivity contribution in [3.63, 3.8) is 0 Å². The molecule has 0 N–H and O–H groups in total. The average Bonchev–Trinajstić information content (AvgIpc) is 3.04. The maximum atomic E-state index is 12.8. The average molecular weight is 312 g/mol. The minimum atomic E-state index is 0.0779. The van der Waals surface area contributed by atoms with Gasteiger partial charge < -0.3 is 4.90 Å². The summed E-state index contributed by atoms with van der Waals surface area (Å²) in [6.45, 7) is 8.44. The van der Waals surface area contributed by atoms with Gasteiger partial charge in [-0.1, -0.05) is 20.8 Å². The van der Waals surface area contributed by atoms with Crippen LogP contribution in [0, 0.1) is 11.3 Å². The smallest absolute Gasteiger partial charge is 0.257 e. The van der Waals surface area contributed by atoms with Crippen molar-refractivity contribution in [2.75, 3.05) is 13.1 Å². The molecular formula is C18H24N4O. The largest absolute Gasteiger partial charge is 0.338 e. The summed E-state index contributed by atoms with van der Waals surface area (Å²) < 4.78 is 1.70. The van der Waals surface area contributed by atoms with Crippen molar-refractivity contribution in [1.29, 1.82) is 0 Å². The summed E-state index contributed by atoms with van der Waals surface area (Å²) >= 11 is 0. The molecule has 3 heterocycles. The first-order valence-corrected chi connectivity index (χ1v) is 8.19. The third-order valence-electron chi connectivity index (χ3n) is 4.67. The Hall–Kier alpha value is -2.17. The van der Waals surface area contributed by atoms with Crippen LogP contribution >= 0.6 is 0 Å². The second-order valence-corrected chi connectivity index (χ2v) is 7.34. The lowest BCUT2D eigenvalue weighted by Gasteiger charge is -2.39.